The number of oxazole rings is 1. The van der Waals surface area contributed by atoms with Crippen LogP contribution in [-0.2, 0) is 4.79 Å². The molecule has 0 saturated carbocycles. The van der Waals surface area contributed by atoms with Gasteiger partial charge in [0.25, 0.3) is 0 Å². The third-order valence-corrected chi connectivity index (χ3v) is 5.01. The second kappa shape index (κ2) is 7.85. The van der Waals surface area contributed by atoms with E-state index in [9.17, 15) is 4.79 Å². The van der Waals surface area contributed by atoms with E-state index in [4.69, 9.17) is 9.68 Å². The van der Waals surface area contributed by atoms with E-state index in [1.54, 1.807) is 6.92 Å². The standard InChI is InChI=1S/C17H26N6O2/c1-3-20-4-6-21(7-5-20)13-16(24)22-8-10-23(11-9-22)17-15(12-18)19-14(2)25-17/h3-11,13H2,1-2H3. The molecule has 8 heteroatoms. The Morgan fingerprint density at radius 1 is 1.12 bits per heavy atom. The van der Waals surface area contributed by atoms with Crippen LogP contribution in [0, 0.1) is 18.3 Å². The summed E-state index contributed by atoms with van der Waals surface area (Å²) in [6, 6.07) is 2.07. The minimum Gasteiger partial charge on any atom is -0.424 e. The number of nitrogens with zero attached hydrogens (tertiary/aromatic N) is 6. The van der Waals surface area contributed by atoms with Crippen LogP contribution in [0.4, 0.5) is 5.88 Å². The van der Waals surface area contributed by atoms with Gasteiger partial charge in [-0.3, -0.25) is 9.69 Å². The quantitative estimate of drug-likeness (QED) is 0.767. The van der Waals surface area contributed by atoms with E-state index in [2.05, 4.69) is 27.8 Å². The van der Waals surface area contributed by atoms with E-state index in [0.29, 0.717) is 50.2 Å². The summed E-state index contributed by atoms with van der Waals surface area (Å²) in [5.41, 5.74) is 0.325. The normalized spacial score (nSPS) is 19.9. The lowest BCUT2D eigenvalue weighted by Gasteiger charge is -2.37. The number of anilines is 1. The maximum atomic E-state index is 12.6. The first-order chi connectivity index (χ1) is 12.1. The first kappa shape index (κ1) is 17.7. The van der Waals surface area contributed by atoms with Gasteiger partial charge in [0.15, 0.2) is 5.89 Å². The summed E-state index contributed by atoms with van der Waals surface area (Å²) in [4.78, 5) is 25.2. The fraction of sp³-hybridized carbons (Fsp3) is 0.706. The van der Waals surface area contributed by atoms with Crippen LogP contribution >= 0.6 is 0 Å². The van der Waals surface area contributed by atoms with Crippen LogP contribution in [0.5, 0.6) is 0 Å². The lowest BCUT2D eigenvalue weighted by atomic mass is 10.2. The summed E-state index contributed by atoms with van der Waals surface area (Å²) in [6.45, 7) is 12.1. The van der Waals surface area contributed by atoms with Gasteiger partial charge in [0, 0.05) is 59.3 Å². The van der Waals surface area contributed by atoms with Crippen molar-refractivity contribution in [3.63, 3.8) is 0 Å². The number of rotatable bonds is 4. The van der Waals surface area contributed by atoms with Gasteiger partial charge >= 0.3 is 0 Å². The van der Waals surface area contributed by atoms with Crippen LogP contribution in [0.3, 0.4) is 0 Å². The van der Waals surface area contributed by atoms with Crippen LogP contribution in [0.1, 0.15) is 18.5 Å². The highest BCUT2D eigenvalue weighted by Crippen LogP contribution is 2.22. The van der Waals surface area contributed by atoms with Gasteiger partial charge in [-0.05, 0) is 6.54 Å². The van der Waals surface area contributed by atoms with Gasteiger partial charge < -0.3 is 19.1 Å². The summed E-state index contributed by atoms with van der Waals surface area (Å²) < 4.78 is 5.56. The summed E-state index contributed by atoms with van der Waals surface area (Å²) in [6.07, 6.45) is 0. The third kappa shape index (κ3) is 4.11. The van der Waals surface area contributed by atoms with E-state index in [0.717, 1.165) is 32.7 Å². The van der Waals surface area contributed by atoms with Crippen LogP contribution in [0.25, 0.3) is 0 Å². The van der Waals surface area contributed by atoms with Crippen LogP contribution in [0.15, 0.2) is 4.42 Å². The van der Waals surface area contributed by atoms with Gasteiger partial charge in [-0.2, -0.15) is 5.26 Å². The number of piperazine rings is 2. The molecule has 3 heterocycles. The Morgan fingerprint density at radius 2 is 1.76 bits per heavy atom. The molecule has 25 heavy (non-hydrogen) atoms. The lowest BCUT2D eigenvalue weighted by Crippen LogP contribution is -2.53. The number of amides is 1. The van der Waals surface area contributed by atoms with Gasteiger partial charge in [-0.1, -0.05) is 6.92 Å². The highest BCUT2D eigenvalue weighted by Gasteiger charge is 2.27. The summed E-state index contributed by atoms with van der Waals surface area (Å²) in [7, 11) is 0. The Morgan fingerprint density at radius 3 is 2.36 bits per heavy atom. The second-order valence-electron chi connectivity index (χ2n) is 6.58. The molecule has 1 aromatic heterocycles. The van der Waals surface area contributed by atoms with E-state index >= 15 is 0 Å². The molecule has 2 aliphatic heterocycles. The maximum Gasteiger partial charge on any atom is 0.236 e. The molecule has 136 valence electrons. The van der Waals surface area contributed by atoms with E-state index < -0.39 is 0 Å². The van der Waals surface area contributed by atoms with Gasteiger partial charge in [-0.15, -0.1) is 0 Å². The van der Waals surface area contributed by atoms with Crippen LogP contribution in [0.2, 0.25) is 0 Å². The average molecular weight is 346 g/mol. The van der Waals surface area contributed by atoms with Crippen molar-refractivity contribution in [2.45, 2.75) is 13.8 Å². The smallest absolute Gasteiger partial charge is 0.236 e. The highest BCUT2D eigenvalue weighted by atomic mass is 16.4. The Hall–Kier alpha value is -2.11. The van der Waals surface area contributed by atoms with Crippen LogP contribution < -0.4 is 4.90 Å². The van der Waals surface area contributed by atoms with E-state index in [1.165, 1.54) is 0 Å². The maximum absolute atomic E-state index is 12.6. The summed E-state index contributed by atoms with van der Waals surface area (Å²) in [5.74, 6) is 1.22. The zero-order valence-corrected chi connectivity index (χ0v) is 15.1. The molecule has 0 aliphatic carbocycles. The minimum atomic E-state index is 0.193. The number of carbonyl (C=O) groups is 1. The number of aromatic nitrogens is 1. The van der Waals surface area contributed by atoms with E-state index in [1.807, 2.05) is 9.80 Å². The van der Waals surface area contributed by atoms with Crippen molar-refractivity contribution in [1.82, 2.24) is 19.7 Å². The molecule has 0 aromatic carbocycles. The van der Waals surface area contributed by atoms with Crippen molar-refractivity contribution in [1.29, 1.82) is 5.26 Å². The molecule has 1 amide bonds. The number of nitriles is 1. The molecular weight excluding hydrogens is 320 g/mol. The first-order valence-electron chi connectivity index (χ1n) is 8.95. The van der Waals surface area contributed by atoms with E-state index in [-0.39, 0.29) is 5.91 Å². The Bertz CT molecular complexity index is 636. The molecule has 8 nitrogen and oxygen atoms in total. The number of hydrogen-bond acceptors (Lipinski definition) is 7. The third-order valence-electron chi connectivity index (χ3n) is 5.01. The van der Waals surface area contributed by atoms with Crippen molar-refractivity contribution in [3.8, 4) is 6.07 Å². The second-order valence-corrected chi connectivity index (χ2v) is 6.58. The first-order valence-corrected chi connectivity index (χ1v) is 8.95. The molecule has 0 unspecified atom stereocenters. The fourth-order valence-corrected chi connectivity index (χ4v) is 3.42. The molecule has 2 aliphatic rings. The SMILES string of the molecule is CCN1CCN(CC(=O)N2CCN(c3oc(C)nc3C#N)CC2)CC1. The Kier molecular flexibility index (Phi) is 5.56. The Balaban J connectivity index is 1.49. The largest absolute Gasteiger partial charge is 0.424 e. The molecular formula is C17H26N6O2. The topological polar surface area (TPSA) is 79.8 Å². The summed E-state index contributed by atoms with van der Waals surface area (Å²) in [5, 5.41) is 9.15. The van der Waals surface area contributed by atoms with Crippen molar-refractivity contribution < 1.29 is 9.21 Å². The minimum absolute atomic E-state index is 0.193. The number of aryl methyl sites for hydroxylation is 1. The molecule has 3 rings (SSSR count). The molecule has 0 N–H and O–H groups in total. The van der Waals surface area contributed by atoms with Crippen molar-refractivity contribution in [2.24, 2.45) is 0 Å². The lowest BCUT2D eigenvalue weighted by molar-refractivity contribution is -0.133. The Labute approximate surface area is 148 Å². The highest BCUT2D eigenvalue weighted by molar-refractivity contribution is 5.78. The predicted molar refractivity (Wildman–Crippen MR) is 93.3 cm³/mol. The molecule has 0 spiro atoms. The number of likely N-dealkylation sites (N-methyl/N-ethyl adjacent to an activating group) is 1. The zero-order chi connectivity index (χ0) is 17.8. The zero-order valence-electron chi connectivity index (χ0n) is 15.1. The van der Waals surface area contributed by atoms with Crippen molar-refractivity contribution >= 4 is 11.8 Å². The summed E-state index contributed by atoms with van der Waals surface area (Å²) >= 11 is 0. The molecule has 0 atom stereocenters. The van der Waals surface area contributed by atoms with Gasteiger partial charge in [0.2, 0.25) is 17.5 Å². The number of carbonyl (C=O) groups excluding carboxylic acids is 1. The molecule has 0 radical (unpaired) electrons. The average Bonchev–Trinajstić information content (AvgIpc) is 3.03. The molecule has 2 fully saturated rings. The molecule has 1 aromatic rings. The monoisotopic (exact) mass is 346 g/mol. The molecule has 0 bridgehead atoms. The number of hydrogen-bond donors (Lipinski definition) is 0. The van der Waals surface area contributed by atoms with Gasteiger partial charge in [-0.25, -0.2) is 4.98 Å². The van der Waals surface area contributed by atoms with Crippen molar-refractivity contribution in [2.75, 3.05) is 70.3 Å². The predicted octanol–water partition coefficient (Wildman–Crippen LogP) is 0.141. The fourth-order valence-electron chi connectivity index (χ4n) is 3.42. The van der Waals surface area contributed by atoms with Crippen LogP contribution in [-0.4, -0.2) is 91.0 Å². The van der Waals surface area contributed by atoms with Gasteiger partial charge in [0.1, 0.15) is 6.07 Å². The van der Waals surface area contributed by atoms with Gasteiger partial charge in [0.05, 0.1) is 6.54 Å². The van der Waals surface area contributed by atoms with Crippen molar-refractivity contribution in [3.05, 3.63) is 11.6 Å². The molecule has 2 saturated heterocycles.